The van der Waals surface area contributed by atoms with Crippen LogP contribution in [-0.2, 0) is 10.0 Å². The van der Waals surface area contributed by atoms with Gasteiger partial charge in [0, 0.05) is 10.2 Å². The van der Waals surface area contributed by atoms with Gasteiger partial charge < -0.3 is 10.1 Å². The van der Waals surface area contributed by atoms with Crippen molar-refractivity contribution in [2.75, 3.05) is 17.1 Å². The molecule has 31 heavy (non-hydrogen) atoms. The van der Waals surface area contributed by atoms with Crippen LogP contribution < -0.4 is 14.8 Å². The first-order chi connectivity index (χ1) is 14.6. The van der Waals surface area contributed by atoms with E-state index >= 15 is 0 Å². The molecule has 0 aromatic heterocycles. The van der Waals surface area contributed by atoms with Crippen molar-refractivity contribution < 1.29 is 26.7 Å². The van der Waals surface area contributed by atoms with Crippen molar-refractivity contribution in [3.05, 3.63) is 81.3 Å². The lowest BCUT2D eigenvalue weighted by Gasteiger charge is -2.14. The third kappa shape index (κ3) is 5.33. The van der Waals surface area contributed by atoms with Crippen molar-refractivity contribution >= 4 is 54.8 Å². The minimum absolute atomic E-state index is 0.00743. The molecule has 0 saturated carbocycles. The molecule has 0 atom stereocenters. The van der Waals surface area contributed by atoms with Crippen LogP contribution in [0.5, 0.6) is 5.75 Å². The number of ether oxygens (including phenoxy) is 1. The maximum atomic E-state index is 13.5. The number of methoxy groups -OCH3 is 1. The third-order valence-electron chi connectivity index (χ3n) is 4.08. The summed E-state index contributed by atoms with van der Waals surface area (Å²) in [6.07, 6.45) is 0. The molecule has 0 unspecified atom stereocenters. The standard InChI is InChI=1S/C20H14BrClF2N2O4S/c1-30-19-7-6-13(31(28,29)26-12-4-2-11(21)3-5-12)8-18(19)25-20(27)14-9-16(23)17(24)10-15(14)22/h2-10,26H,1H3,(H,25,27). The van der Waals surface area contributed by atoms with Gasteiger partial charge in [-0.1, -0.05) is 27.5 Å². The van der Waals surface area contributed by atoms with Crippen LogP contribution >= 0.6 is 27.5 Å². The van der Waals surface area contributed by atoms with Crippen molar-refractivity contribution in [2.45, 2.75) is 4.90 Å². The molecule has 1 amide bonds. The zero-order chi connectivity index (χ0) is 22.8. The summed E-state index contributed by atoms with van der Waals surface area (Å²) in [4.78, 5) is 12.4. The van der Waals surface area contributed by atoms with Gasteiger partial charge in [-0.15, -0.1) is 0 Å². The van der Waals surface area contributed by atoms with Gasteiger partial charge in [-0.2, -0.15) is 0 Å². The summed E-state index contributed by atoms with van der Waals surface area (Å²) < 4.78 is 60.6. The number of carbonyl (C=O) groups is 1. The van der Waals surface area contributed by atoms with E-state index in [2.05, 4.69) is 26.0 Å². The number of carbonyl (C=O) groups excluding carboxylic acids is 1. The van der Waals surface area contributed by atoms with Crippen LogP contribution in [0.1, 0.15) is 10.4 Å². The average Bonchev–Trinajstić information content (AvgIpc) is 2.72. The van der Waals surface area contributed by atoms with Crippen molar-refractivity contribution in [3.63, 3.8) is 0 Å². The topological polar surface area (TPSA) is 84.5 Å². The van der Waals surface area contributed by atoms with E-state index in [4.69, 9.17) is 16.3 Å². The second kappa shape index (κ2) is 9.21. The molecule has 3 rings (SSSR count). The molecule has 3 aromatic carbocycles. The van der Waals surface area contributed by atoms with Crippen molar-refractivity contribution in [2.24, 2.45) is 0 Å². The molecular weight excluding hydrogens is 518 g/mol. The number of benzene rings is 3. The molecule has 6 nitrogen and oxygen atoms in total. The van der Waals surface area contributed by atoms with Crippen LogP contribution in [0.15, 0.2) is 64.0 Å². The van der Waals surface area contributed by atoms with Crippen molar-refractivity contribution in [1.29, 1.82) is 0 Å². The Morgan fingerprint density at radius 1 is 1.03 bits per heavy atom. The minimum atomic E-state index is -4.00. The monoisotopic (exact) mass is 530 g/mol. The van der Waals surface area contributed by atoms with Crippen LogP contribution in [0.3, 0.4) is 0 Å². The number of amides is 1. The van der Waals surface area contributed by atoms with E-state index in [0.717, 1.165) is 4.47 Å². The minimum Gasteiger partial charge on any atom is -0.495 e. The molecule has 162 valence electrons. The highest BCUT2D eigenvalue weighted by molar-refractivity contribution is 9.10. The first-order valence-electron chi connectivity index (χ1n) is 8.53. The van der Waals surface area contributed by atoms with Crippen LogP contribution in [0.2, 0.25) is 5.02 Å². The molecule has 2 N–H and O–H groups in total. The first kappa shape index (κ1) is 23.0. The first-order valence-corrected chi connectivity index (χ1v) is 11.2. The van der Waals surface area contributed by atoms with Gasteiger partial charge in [0.15, 0.2) is 11.6 Å². The van der Waals surface area contributed by atoms with E-state index in [-0.39, 0.29) is 26.9 Å². The van der Waals surface area contributed by atoms with Gasteiger partial charge in [0.25, 0.3) is 15.9 Å². The molecule has 0 spiro atoms. The Morgan fingerprint density at radius 2 is 1.68 bits per heavy atom. The Hall–Kier alpha value is -2.69. The number of halogens is 4. The Balaban J connectivity index is 1.92. The van der Waals surface area contributed by atoms with E-state index in [9.17, 15) is 22.0 Å². The fourth-order valence-electron chi connectivity index (χ4n) is 2.57. The highest BCUT2D eigenvalue weighted by atomic mass is 79.9. The molecule has 0 aliphatic carbocycles. The highest BCUT2D eigenvalue weighted by Gasteiger charge is 2.20. The lowest BCUT2D eigenvalue weighted by molar-refractivity contribution is 0.102. The van der Waals surface area contributed by atoms with Crippen molar-refractivity contribution in [1.82, 2.24) is 0 Å². The van der Waals surface area contributed by atoms with E-state index < -0.39 is 27.6 Å². The van der Waals surface area contributed by atoms with Crippen LogP contribution in [0.25, 0.3) is 0 Å². The van der Waals surface area contributed by atoms with Gasteiger partial charge in [0.05, 0.1) is 28.3 Å². The highest BCUT2D eigenvalue weighted by Crippen LogP contribution is 2.30. The fourth-order valence-corrected chi connectivity index (χ4v) is 4.16. The van der Waals surface area contributed by atoms with Gasteiger partial charge in [0.2, 0.25) is 0 Å². The Bertz CT molecular complexity index is 1250. The molecule has 0 heterocycles. The molecular formula is C20H14BrClF2N2O4S. The number of nitrogens with one attached hydrogen (secondary N) is 2. The second-order valence-corrected chi connectivity index (χ2v) is 9.18. The summed E-state index contributed by atoms with van der Waals surface area (Å²) >= 11 is 9.10. The summed E-state index contributed by atoms with van der Waals surface area (Å²) in [5.41, 5.74) is -0.00554. The van der Waals surface area contributed by atoms with Gasteiger partial charge in [0.1, 0.15) is 5.75 Å². The van der Waals surface area contributed by atoms with Gasteiger partial charge >= 0.3 is 0 Å². The molecule has 0 bridgehead atoms. The molecule has 11 heteroatoms. The average molecular weight is 532 g/mol. The Labute approximate surface area is 190 Å². The smallest absolute Gasteiger partial charge is 0.261 e. The van der Waals surface area contributed by atoms with E-state index in [1.165, 1.54) is 25.3 Å². The SMILES string of the molecule is COc1ccc(S(=O)(=O)Nc2ccc(Br)cc2)cc1NC(=O)c1cc(F)c(F)cc1Cl. The molecule has 0 fully saturated rings. The quantitative estimate of drug-likeness (QED) is 0.415. The zero-order valence-corrected chi connectivity index (χ0v) is 18.9. The van der Waals surface area contributed by atoms with E-state index in [0.29, 0.717) is 17.8 Å². The van der Waals surface area contributed by atoms with E-state index in [1.54, 1.807) is 24.3 Å². The number of anilines is 2. The fraction of sp³-hybridized carbons (Fsp3) is 0.0500. The summed E-state index contributed by atoms with van der Waals surface area (Å²) in [6.45, 7) is 0. The second-order valence-electron chi connectivity index (χ2n) is 6.17. The lowest BCUT2D eigenvalue weighted by atomic mass is 10.2. The zero-order valence-electron chi connectivity index (χ0n) is 15.7. The molecule has 0 aliphatic heterocycles. The molecule has 0 radical (unpaired) electrons. The Morgan fingerprint density at radius 3 is 2.32 bits per heavy atom. The van der Waals surface area contributed by atoms with Gasteiger partial charge in [-0.25, -0.2) is 17.2 Å². The van der Waals surface area contributed by atoms with Gasteiger partial charge in [-0.05, 0) is 54.6 Å². The summed E-state index contributed by atoms with van der Waals surface area (Å²) in [6, 6.07) is 11.6. The van der Waals surface area contributed by atoms with Gasteiger partial charge in [-0.3, -0.25) is 9.52 Å². The maximum absolute atomic E-state index is 13.5. The Kier molecular flexibility index (Phi) is 6.83. The maximum Gasteiger partial charge on any atom is 0.261 e. The van der Waals surface area contributed by atoms with Crippen LogP contribution in [0, 0.1) is 11.6 Å². The summed E-state index contributed by atoms with van der Waals surface area (Å²) in [7, 11) is -2.68. The predicted octanol–water partition coefficient (Wildman–Crippen LogP) is 5.44. The normalized spacial score (nSPS) is 11.1. The van der Waals surface area contributed by atoms with Crippen molar-refractivity contribution in [3.8, 4) is 5.75 Å². The van der Waals surface area contributed by atoms with Crippen LogP contribution in [0.4, 0.5) is 20.2 Å². The van der Waals surface area contributed by atoms with Crippen LogP contribution in [-0.4, -0.2) is 21.4 Å². The summed E-state index contributed by atoms with van der Waals surface area (Å²) in [5, 5.41) is 2.10. The lowest BCUT2D eigenvalue weighted by Crippen LogP contribution is -2.16. The number of rotatable bonds is 6. The number of hydrogen-bond acceptors (Lipinski definition) is 4. The number of sulfonamides is 1. The molecule has 0 saturated heterocycles. The third-order valence-corrected chi connectivity index (χ3v) is 6.30. The molecule has 3 aromatic rings. The van der Waals surface area contributed by atoms with E-state index in [1.807, 2.05) is 0 Å². The molecule has 0 aliphatic rings. The predicted molar refractivity (Wildman–Crippen MR) is 117 cm³/mol. The summed E-state index contributed by atoms with van der Waals surface area (Å²) in [5.74, 6) is -3.19. The number of hydrogen-bond donors (Lipinski definition) is 2. The largest absolute Gasteiger partial charge is 0.495 e.